The van der Waals surface area contributed by atoms with Gasteiger partial charge in [0.2, 0.25) is 5.91 Å². The van der Waals surface area contributed by atoms with E-state index in [-0.39, 0.29) is 25.5 Å². The Labute approximate surface area is 105 Å². The van der Waals surface area contributed by atoms with Gasteiger partial charge in [-0.2, -0.15) is 0 Å². The molecule has 0 spiro atoms. The molecule has 0 heterocycles. The van der Waals surface area contributed by atoms with E-state index in [1.54, 1.807) is 6.92 Å². The molecule has 0 saturated carbocycles. The largest absolute Gasteiger partial charge is 0.463 e. The Morgan fingerprint density at radius 1 is 1.28 bits per heavy atom. The molecule has 2 atom stereocenters. The van der Waals surface area contributed by atoms with Crippen molar-refractivity contribution in [1.82, 2.24) is 5.32 Å². The Bertz CT molecular complexity index is 304. The van der Waals surface area contributed by atoms with Gasteiger partial charge in [-0.3, -0.25) is 14.4 Å². The van der Waals surface area contributed by atoms with Gasteiger partial charge in [0, 0.05) is 13.8 Å². The fraction of sp³-hybridized carbons (Fsp3) is 0.727. The van der Waals surface area contributed by atoms with Crippen LogP contribution >= 0.6 is 0 Å². The second-order valence-electron chi connectivity index (χ2n) is 3.89. The first-order chi connectivity index (χ1) is 8.35. The zero-order valence-electron chi connectivity index (χ0n) is 10.8. The third kappa shape index (κ3) is 8.51. The fourth-order valence-electron chi connectivity index (χ4n) is 1.24. The van der Waals surface area contributed by atoms with Gasteiger partial charge in [-0.05, 0) is 6.92 Å². The first kappa shape index (κ1) is 16.4. The van der Waals surface area contributed by atoms with E-state index in [0.29, 0.717) is 0 Å². The van der Waals surface area contributed by atoms with Gasteiger partial charge in [0.15, 0.2) is 0 Å². The monoisotopic (exact) mass is 261 g/mol. The molecule has 0 bridgehead atoms. The number of aliphatic hydroxyl groups excluding tert-OH is 1. The van der Waals surface area contributed by atoms with E-state index < -0.39 is 24.1 Å². The molecular formula is C11H19NO6. The van der Waals surface area contributed by atoms with Crippen LogP contribution in [-0.4, -0.2) is 48.3 Å². The average molecular weight is 261 g/mol. The molecule has 7 heteroatoms. The number of ether oxygens (including phenoxy) is 2. The van der Waals surface area contributed by atoms with Gasteiger partial charge in [-0.15, -0.1) is 0 Å². The molecule has 0 aromatic heterocycles. The van der Waals surface area contributed by atoms with Crippen molar-refractivity contribution in [1.29, 1.82) is 0 Å². The van der Waals surface area contributed by atoms with Crippen molar-refractivity contribution in [2.75, 3.05) is 13.2 Å². The summed E-state index contributed by atoms with van der Waals surface area (Å²) in [4.78, 5) is 32.7. The number of amides is 1. The normalized spacial score (nSPS) is 13.3. The van der Waals surface area contributed by atoms with E-state index >= 15 is 0 Å². The first-order valence-electron chi connectivity index (χ1n) is 5.56. The lowest BCUT2D eigenvalue weighted by Crippen LogP contribution is -2.40. The van der Waals surface area contributed by atoms with E-state index in [1.165, 1.54) is 13.8 Å². The lowest BCUT2D eigenvalue weighted by atomic mass is 10.3. The predicted molar refractivity (Wildman–Crippen MR) is 61.5 cm³/mol. The molecule has 0 radical (unpaired) electrons. The third-order valence-electron chi connectivity index (χ3n) is 1.89. The summed E-state index contributed by atoms with van der Waals surface area (Å²) in [6.07, 6.45) is -0.638. The van der Waals surface area contributed by atoms with Gasteiger partial charge in [0.05, 0.1) is 19.1 Å². The maximum atomic E-state index is 11.3. The zero-order chi connectivity index (χ0) is 14.1. The Morgan fingerprint density at radius 2 is 1.89 bits per heavy atom. The summed E-state index contributed by atoms with van der Waals surface area (Å²) in [5, 5.41) is 11.3. The van der Waals surface area contributed by atoms with E-state index in [9.17, 15) is 14.4 Å². The molecule has 0 rings (SSSR count). The number of rotatable bonds is 7. The molecule has 2 N–H and O–H groups in total. The van der Waals surface area contributed by atoms with Gasteiger partial charge >= 0.3 is 11.9 Å². The van der Waals surface area contributed by atoms with E-state index in [0.717, 1.165) is 0 Å². The predicted octanol–water partition coefficient (Wildman–Crippen LogP) is -0.632. The zero-order valence-corrected chi connectivity index (χ0v) is 10.8. The summed E-state index contributed by atoms with van der Waals surface area (Å²) in [5.74, 6) is -1.35. The highest BCUT2D eigenvalue weighted by atomic mass is 16.6. The third-order valence-corrected chi connectivity index (χ3v) is 1.89. The number of aliphatic hydroxyl groups is 1. The van der Waals surface area contributed by atoms with Crippen molar-refractivity contribution in [3.63, 3.8) is 0 Å². The fourth-order valence-corrected chi connectivity index (χ4v) is 1.24. The van der Waals surface area contributed by atoms with Gasteiger partial charge < -0.3 is 19.9 Å². The number of esters is 2. The summed E-state index contributed by atoms with van der Waals surface area (Å²) in [5.41, 5.74) is 0. The second-order valence-corrected chi connectivity index (χ2v) is 3.89. The summed E-state index contributed by atoms with van der Waals surface area (Å²) >= 11 is 0. The van der Waals surface area contributed by atoms with Crippen LogP contribution in [-0.2, 0) is 23.9 Å². The van der Waals surface area contributed by atoms with Crippen LogP contribution in [0.25, 0.3) is 0 Å². The van der Waals surface area contributed by atoms with Crippen LogP contribution in [0.1, 0.15) is 27.2 Å². The molecule has 0 aliphatic rings. The molecule has 1 amide bonds. The van der Waals surface area contributed by atoms with Crippen molar-refractivity contribution < 1.29 is 29.0 Å². The summed E-state index contributed by atoms with van der Waals surface area (Å²) in [6.45, 7) is 3.67. The standard InChI is InChI=1S/C11H19NO6/c1-7(18-9(3)15)4-11(16)17-6-10(5-13)12-8(2)14/h7,10,13H,4-6H2,1-3H3,(H,12,14)/t7-,10-/m1/s1. The number of nitrogens with one attached hydrogen (secondary N) is 1. The van der Waals surface area contributed by atoms with Gasteiger partial charge in [0.25, 0.3) is 0 Å². The highest BCUT2D eigenvalue weighted by Crippen LogP contribution is 2.00. The highest BCUT2D eigenvalue weighted by Gasteiger charge is 2.15. The van der Waals surface area contributed by atoms with Gasteiger partial charge in [-0.1, -0.05) is 0 Å². The van der Waals surface area contributed by atoms with Crippen LogP contribution in [0, 0.1) is 0 Å². The van der Waals surface area contributed by atoms with Crippen molar-refractivity contribution in [2.24, 2.45) is 0 Å². The SMILES string of the molecule is CC(=O)N[C@H](CO)COC(=O)C[C@@H](C)OC(C)=O. The molecule has 0 aliphatic heterocycles. The average Bonchev–Trinajstić information content (AvgIpc) is 2.22. The maximum Gasteiger partial charge on any atom is 0.309 e. The Morgan fingerprint density at radius 3 is 2.33 bits per heavy atom. The van der Waals surface area contributed by atoms with Gasteiger partial charge in [0.1, 0.15) is 12.7 Å². The molecule has 0 fully saturated rings. The summed E-state index contributed by atoms with van der Waals surface area (Å²) in [7, 11) is 0. The molecule has 0 aliphatic carbocycles. The van der Waals surface area contributed by atoms with Crippen LogP contribution < -0.4 is 5.32 Å². The lowest BCUT2D eigenvalue weighted by molar-refractivity contribution is -0.153. The topological polar surface area (TPSA) is 102 Å². The van der Waals surface area contributed by atoms with Crippen molar-refractivity contribution in [3.05, 3.63) is 0 Å². The van der Waals surface area contributed by atoms with E-state index in [4.69, 9.17) is 14.6 Å². The van der Waals surface area contributed by atoms with Crippen LogP contribution in [0.15, 0.2) is 0 Å². The van der Waals surface area contributed by atoms with Crippen LogP contribution in [0.5, 0.6) is 0 Å². The van der Waals surface area contributed by atoms with Gasteiger partial charge in [-0.25, -0.2) is 0 Å². The van der Waals surface area contributed by atoms with Crippen molar-refractivity contribution >= 4 is 17.8 Å². The van der Waals surface area contributed by atoms with Crippen LogP contribution in [0.2, 0.25) is 0 Å². The molecular weight excluding hydrogens is 242 g/mol. The van der Waals surface area contributed by atoms with Crippen molar-refractivity contribution in [2.45, 2.75) is 39.3 Å². The maximum absolute atomic E-state index is 11.3. The summed E-state index contributed by atoms with van der Waals surface area (Å²) < 4.78 is 9.60. The number of hydrogen-bond acceptors (Lipinski definition) is 6. The van der Waals surface area contributed by atoms with Crippen LogP contribution in [0.3, 0.4) is 0 Å². The molecule has 0 unspecified atom stereocenters. The van der Waals surface area contributed by atoms with Crippen molar-refractivity contribution in [3.8, 4) is 0 Å². The minimum absolute atomic E-state index is 0.0716. The number of hydrogen-bond donors (Lipinski definition) is 2. The molecule has 0 aromatic rings. The lowest BCUT2D eigenvalue weighted by Gasteiger charge is -2.16. The smallest absolute Gasteiger partial charge is 0.309 e. The molecule has 0 saturated heterocycles. The Balaban J connectivity index is 3.93. The first-order valence-corrected chi connectivity index (χ1v) is 5.56. The van der Waals surface area contributed by atoms with E-state index in [1.807, 2.05) is 0 Å². The Kier molecular flexibility index (Phi) is 7.69. The Hall–Kier alpha value is -1.63. The minimum Gasteiger partial charge on any atom is -0.463 e. The number of carbonyl (C=O) groups excluding carboxylic acids is 3. The minimum atomic E-state index is -0.629. The van der Waals surface area contributed by atoms with E-state index in [2.05, 4.69) is 5.32 Å². The molecule has 104 valence electrons. The second kappa shape index (κ2) is 8.46. The number of carbonyl (C=O) groups is 3. The quantitative estimate of drug-likeness (QED) is 0.591. The molecule has 18 heavy (non-hydrogen) atoms. The van der Waals surface area contributed by atoms with Crippen LogP contribution in [0.4, 0.5) is 0 Å². The molecule has 7 nitrogen and oxygen atoms in total. The summed E-state index contributed by atoms with van der Waals surface area (Å²) in [6, 6.07) is -0.629. The highest BCUT2D eigenvalue weighted by molar-refractivity contribution is 5.73. The molecule has 0 aromatic carbocycles.